The molecule has 3 heterocycles. The summed E-state index contributed by atoms with van der Waals surface area (Å²) >= 11 is 1.42. The standard InChI is InChI=1S/C18H21N5O3S/c1-11-4-3-9-21(10-11)15(13-5-7-14(8-6-13)23(25)26)16-17(24)22-18(27-16)19-12(2)20-22/h5-8,11,15,24H,3-4,9-10H2,1-2H3/t11-,15-/m0/s1. The summed E-state index contributed by atoms with van der Waals surface area (Å²) < 4.78 is 1.47. The molecule has 27 heavy (non-hydrogen) atoms. The summed E-state index contributed by atoms with van der Waals surface area (Å²) in [5.74, 6) is 1.27. The first kappa shape index (κ1) is 17.9. The molecule has 0 bridgehead atoms. The molecule has 0 spiro atoms. The molecule has 4 rings (SSSR count). The fourth-order valence-corrected chi connectivity index (χ4v) is 4.96. The second kappa shape index (κ2) is 6.90. The van der Waals surface area contributed by atoms with E-state index >= 15 is 0 Å². The second-order valence-corrected chi connectivity index (χ2v) is 8.15. The van der Waals surface area contributed by atoms with Crippen molar-refractivity contribution in [3.05, 3.63) is 50.6 Å². The van der Waals surface area contributed by atoms with Crippen molar-refractivity contribution in [2.24, 2.45) is 5.92 Å². The lowest BCUT2D eigenvalue weighted by atomic mass is 9.95. The number of aromatic hydroxyl groups is 1. The Bertz CT molecular complexity index is 981. The van der Waals surface area contributed by atoms with Crippen LogP contribution in [0.1, 0.15) is 42.1 Å². The summed E-state index contributed by atoms with van der Waals surface area (Å²) in [5.41, 5.74) is 0.984. The van der Waals surface area contributed by atoms with E-state index in [0.717, 1.165) is 30.0 Å². The van der Waals surface area contributed by atoms with Crippen molar-refractivity contribution in [3.8, 4) is 5.88 Å². The van der Waals surface area contributed by atoms with Crippen molar-refractivity contribution >= 4 is 22.0 Å². The van der Waals surface area contributed by atoms with E-state index in [1.54, 1.807) is 19.1 Å². The predicted octanol–water partition coefficient (Wildman–Crippen LogP) is 3.53. The van der Waals surface area contributed by atoms with Gasteiger partial charge >= 0.3 is 0 Å². The van der Waals surface area contributed by atoms with Crippen LogP contribution in [-0.4, -0.2) is 42.6 Å². The van der Waals surface area contributed by atoms with Gasteiger partial charge in [0.1, 0.15) is 5.82 Å². The third-order valence-electron chi connectivity index (χ3n) is 5.03. The van der Waals surface area contributed by atoms with Gasteiger partial charge in [-0.05, 0) is 37.8 Å². The highest BCUT2D eigenvalue weighted by atomic mass is 32.1. The van der Waals surface area contributed by atoms with Crippen molar-refractivity contribution in [2.45, 2.75) is 32.7 Å². The molecule has 0 saturated carbocycles. The van der Waals surface area contributed by atoms with Gasteiger partial charge in [0.25, 0.3) is 5.69 Å². The van der Waals surface area contributed by atoms with Crippen molar-refractivity contribution < 1.29 is 10.0 Å². The number of hydrogen-bond acceptors (Lipinski definition) is 7. The fourth-order valence-electron chi connectivity index (χ4n) is 3.79. The molecule has 1 aliphatic heterocycles. The maximum Gasteiger partial charge on any atom is 0.269 e. The number of nitro benzene ring substituents is 1. The van der Waals surface area contributed by atoms with Crippen LogP contribution in [0.2, 0.25) is 0 Å². The fraction of sp³-hybridized carbons (Fsp3) is 0.444. The molecule has 9 heteroatoms. The number of benzene rings is 1. The molecule has 3 aromatic rings. The maximum atomic E-state index is 11.0. The van der Waals surface area contributed by atoms with Gasteiger partial charge in [0, 0.05) is 18.7 Å². The number of likely N-dealkylation sites (tertiary alicyclic amines) is 1. The smallest absolute Gasteiger partial charge is 0.269 e. The highest BCUT2D eigenvalue weighted by Crippen LogP contribution is 2.41. The third-order valence-corrected chi connectivity index (χ3v) is 6.10. The average molecular weight is 387 g/mol. The van der Waals surface area contributed by atoms with E-state index in [1.807, 2.05) is 0 Å². The monoisotopic (exact) mass is 387 g/mol. The topological polar surface area (TPSA) is 96.8 Å². The number of aryl methyl sites for hydroxylation is 1. The van der Waals surface area contributed by atoms with Crippen LogP contribution in [0.3, 0.4) is 0 Å². The van der Waals surface area contributed by atoms with Crippen LogP contribution in [0.4, 0.5) is 5.69 Å². The number of aromatic nitrogens is 3. The Morgan fingerprint density at radius 2 is 2.11 bits per heavy atom. The zero-order valence-electron chi connectivity index (χ0n) is 15.2. The normalized spacial score (nSPS) is 19.4. The van der Waals surface area contributed by atoms with Gasteiger partial charge in [-0.1, -0.05) is 30.4 Å². The Kier molecular flexibility index (Phi) is 4.56. The van der Waals surface area contributed by atoms with Crippen molar-refractivity contribution in [1.82, 2.24) is 19.5 Å². The summed E-state index contributed by atoms with van der Waals surface area (Å²) in [6, 6.07) is 6.43. The van der Waals surface area contributed by atoms with E-state index in [-0.39, 0.29) is 17.6 Å². The Morgan fingerprint density at radius 3 is 2.74 bits per heavy atom. The zero-order chi connectivity index (χ0) is 19.1. The van der Waals surface area contributed by atoms with Gasteiger partial charge in [-0.15, -0.1) is 5.10 Å². The lowest BCUT2D eigenvalue weighted by Crippen LogP contribution is -2.37. The Hall–Kier alpha value is -2.52. The van der Waals surface area contributed by atoms with Crippen LogP contribution < -0.4 is 0 Å². The number of rotatable bonds is 4. The molecule has 1 N–H and O–H groups in total. The van der Waals surface area contributed by atoms with Gasteiger partial charge in [0.05, 0.1) is 15.8 Å². The van der Waals surface area contributed by atoms with Crippen molar-refractivity contribution in [1.29, 1.82) is 0 Å². The molecule has 0 aliphatic carbocycles. The largest absolute Gasteiger partial charge is 0.492 e. The Morgan fingerprint density at radius 1 is 1.37 bits per heavy atom. The van der Waals surface area contributed by atoms with Crippen LogP contribution in [0.25, 0.3) is 4.96 Å². The van der Waals surface area contributed by atoms with Gasteiger partial charge < -0.3 is 5.11 Å². The highest BCUT2D eigenvalue weighted by Gasteiger charge is 2.32. The third kappa shape index (κ3) is 3.28. The minimum Gasteiger partial charge on any atom is -0.492 e. The van der Waals surface area contributed by atoms with Crippen LogP contribution in [0.5, 0.6) is 5.88 Å². The van der Waals surface area contributed by atoms with Crippen LogP contribution in [0, 0.1) is 23.0 Å². The van der Waals surface area contributed by atoms with Crippen molar-refractivity contribution in [2.75, 3.05) is 13.1 Å². The van der Waals surface area contributed by atoms with E-state index in [1.165, 1.54) is 34.4 Å². The van der Waals surface area contributed by atoms with Crippen LogP contribution in [-0.2, 0) is 0 Å². The molecule has 0 radical (unpaired) electrons. The molecule has 2 aromatic heterocycles. The lowest BCUT2D eigenvalue weighted by molar-refractivity contribution is -0.384. The predicted molar refractivity (Wildman–Crippen MR) is 102 cm³/mol. The second-order valence-electron chi connectivity index (χ2n) is 7.14. The molecular formula is C18H21N5O3S. The number of piperidine rings is 1. The molecular weight excluding hydrogens is 366 g/mol. The minimum absolute atomic E-state index is 0.0620. The number of hydrogen-bond donors (Lipinski definition) is 1. The summed E-state index contributed by atoms with van der Waals surface area (Å²) in [4.78, 5) is 18.7. The lowest BCUT2D eigenvalue weighted by Gasteiger charge is -2.37. The molecule has 1 aromatic carbocycles. The molecule has 1 aliphatic rings. The molecule has 1 saturated heterocycles. The Balaban J connectivity index is 1.80. The Labute approximate surface area is 160 Å². The number of nitro groups is 1. The summed E-state index contributed by atoms with van der Waals surface area (Å²) in [7, 11) is 0. The molecule has 1 fully saturated rings. The minimum atomic E-state index is -0.398. The SMILES string of the molecule is Cc1nc2sc([C@H](c3ccc([N+](=O)[O-])cc3)N3CCC[C@H](C)C3)c(O)n2n1. The first-order valence-electron chi connectivity index (χ1n) is 8.97. The van der Waals surface area contributed by atoms with E-state index in [0.29, 0.717) is 16.7 Å². The summed E-state index contributed by atoms with van der Waals surface area (Å²) in [5, 5.41) is 26.1. The molecule has 0 unspecified atom stereocenters. The summed E-state index contributed by atoms with van der Waals surface area (Å²) in [6.45, 7) is 5.84. The number of fused-ring (bicyclic) bond motifs is 1. The first-order chi connectivity index (χ1) is 12.9. The van der Waals surface area contributed by atoms with Gasteiger partial charge in [-0.2, -0.15) is 4.52 Å². The molecule has 8 nitrogen and oxygen atoms in total. The highest BCUT2D eigenvalue weighted by molar-refractivity contribution is 7.17. The van der Waals surface area contributed by atoms with E-state index in [9.17, 15) is 15.2 Å². The molecule has 0 amide bonds. The van der Waals surface area contributed by atoms with Crippen molar-refractivity contribution in [3.63, 3.8) is 0 Å². The quantitative estimate of drug-likeness (QED) is 0.543. The van der Waals surface area contributed by atoms with E-state index < -0.39 is 4.92 Å². The van der Waals surface area contributed by atoms with Crippen LogP contribution in [0.15, 0.2) is 24.3 Å². The van der Waals surface area contributed by atoms with Crippen LogP contribution >= 0.6 is 11.3 Å². The summed E-state index contributed by atoms with van der Waals surface area (Å²) in [6.07, 6.45) is 2.27. The zero-order valence-corrected chi connectivity index (χ0v) is 16.0. The van der Waals surface area contributed by atoms with E-state index in [2.05, 4.69) is 21.9 Å². The van der Waals surface area contributed by atoms with Gasteiger partial charge in [0.2, 0.25) is 10.8 Å². The van der Waals surface area contributed by atoms with E-state index in [4.69, 9.17) is 0 Å². The number of thiazole rings is 1. The van der Waals surface area contributed by atoms with Gasteiger partial charge in [-0.25, -0.2) is 4.98 Å². The van der Waals surface area contributed by atoms with Gasteiger partial charge in [0.15, 0.2) is 0 Å². The van der Waals surface area contributed by atoms with Gasteiger partial charge in [-0.3, -0.25) is 15.0 Å². The number of nitrogens with zero attached hydrogens (tertiary/aromatic N) is 5. The maximum absolute atomic E-state index is 11.0. The first-order valence-corrected chi connectivity index (χ1v) is 9.79. The average Bonchev–Trinajstić information content (AvgIpc) is 3.14. The number of non-ortho nitro benzene ring substituents is 1. The molecule has 142 valence electrons. The molecule has 2 atom stereocenters.